The van der Waals surface area contributed by atoms with Crippen molar-refractivity contribution in [2.45, 2.75) is 5.41 Å². The minimum Gasteiger partial charge on any atom is -0.208 e. The first kappa shape index (κ1) is 32.7. The molecular formula is C53H30N4S. The lowest BCUT2D eigenvalue weighted by Gasteiger charge is -2.30. The molecule has 10 aromatic rings. The number of aromatic nitrogens is 3. The Morgan fingerprint density at radius 3 is 1.64 bits per heavy atom. The van der Waals surface area contributed by atoms with Crippen molar-refractivity contribution in [2.75, 3.05) is 0 Å². The van der Waals surface area contributed by atoms with E-state index in [2.05, 4.69) is 140 Å². The summed E-state index contributed by atoms with van der Waals surface area (Å²) in [6, 6.07) is 66.7. The van der Waals surface area contributed by atoms with E-state index < -0.39 is 5.41 Å². The van der Waals surface area contributed by atoms with Gasteiger partial charge in [-0.25, -0.2) is 15.0 Å². The third-order valence-corrected chi connectivity index (χ3v) is 13.1. The second-order valence-corrected chi connectivity index (χ2v) is 16.1. The van der Waals surface area contributed by atoms with E-state index in [9.17, 15) is 5.26 Å². The molecule has 0 amide bonds. The van der Waals surface area contributed by atoms with Crippen LogP contribution in [0.15, 0.2) is 182 Å². The summed E-state index contributed by atoms with van der Waals surface area (Å²) in [5.74, 6) is 1.92. The Balaban J connectivity index is 1.15. The Hall–Kier alpha value is -7.52. The summed E-state index contributed by atoms with van der Waals surface area (Å²) < 4.78 is 2.51. The number of thiophene rings is 1. The van der Waals surface area contributed by atoms with E-state index >= 15 is 0 Å². The van der Waals surface area contributed by atoms with Gasteiger partial charge in [0, 0.05) is 36.9 Å². The molecule has 8 aromatic carbocycles. The highest BCUT2D eigenvalue weighted by atomic mass is 32.1. The lowest BCUT2D eigenvalue weighted by molar-refractivity contribution is 0.794. The summed E-state index contributed by atoms with van der Waals surface area (Å²) in [4.78, 5) is 15.3. The molecule has 0 fully saturated rings. The number of nitrogens with zero attached hydrogens (tertiary/aromatic N) is 4. The summed E-state index contributed by atoms with van der Waals surface area (Å²) in [6.07, 6.45) is 0. The Kier molecular flexibility index (Phi) is 7.04. The predicted molar refractivity (Wildman–Crippen MR) is 235 cm³/mol. The molecule has 1 spiro atoms. The van der Waals surface area contributed by atoms with Crippen LogP contribution in [0.1, 0.15) is 27.8 Å². The van der Waals surface area contributed by atoms with Crippen molar-refractivity contribution in [1.29, 1.82) is 5.26 Å². The molecule has 5 heteroatoms. The molecule has 2 aromatic heterocycles. The molecule has 2 aliphatic carbocycles. The highest BCUT2D eigenvalue weighted by molar-refractivity contribution is 7.26. The van der Waals surface area contributed by atoms with Crippen LogP contribution in [0.25, 0.3) is 87.7 Å². The van der Waals surface area contributed by atoms with Gasteiger partial charge in [-0.2, -0.15) is 5.26 Å². The van der Waals surface area contributed by atoms with Gasteiger partial charge in [-0.05, 0) is 86.0 Å². The smallest absolute Gasteiger partial charge is 0.164 e. The van der Waals surface area contributed by atoms with Crippen molar-refractivity contribution < 1.29 is 0 Å². The molecule has 1 atom stereocenters. The maximum atomic E-state index is 9.56. The highest BCUT2D eigenvalue weighted by Crippen LogP contribution is 2.65. The fourth-order valence-electron chi connectivity index (χ4n) is 9.58. The SMILES string of the molecule is N#Cc1ccc(-c2cccc3sc4ccc5c(c4c23)-c2ccccc2C52c3ccccc3-c3ccc(-c4nc(-c5ccccc5)nc(-c5ccccc5)n4)cc32)cc1. The van der Waals surface area contributed by atoms with Crippen LogP contribution in [0, 0.1) is 11.3 Å². The highest BCUT2D eigenvalue weighted by Gasteiger charge is 2.52. The number of fused-ring (bicyclic) bond motifs is 14. The second-order valence-electron chi connectivity index (χ2n) is 15.0. The molecule has 4 nitrogen and oxygen atoms in total. The summed E-state index contributed by atoms with van der Waals surface area (Å²) in [7, 11) is 0. The molecule has 0 saturated carbocycles. The van der Waals surface area contributed by atoms with E-state index in [0.29, 0.717) is 23.0 Å². The first-order chi connectivity index (χ1) is 28.7. The predicted octanol–water partition coefficient (Wildman–Crippen LogP) is 13.1. The number of benzene rings is 8. The molecular weight excluding hydrogens is 725 g/mol. The van der Waals surface area contributed by atoms with Crippen LogP contribution in [0.3, 0.4) is 0 Å². The number of nitriles is 1. The minimum atomic E-state index is -0.572. The Bertz CT molecular complexity index is 3290. The third kappa shape index (κ3) is 4.58. The lowest BCUT2D eigenvalue weighted by Crippen LogP contribution is -2.25. The van der Waals surface area contributed by atoms with Crippen LogP contribution < -0.4 is 0 Å². The molecule has 0 radical (unpaired) electrons. The number of hydrogen-bond acceptors (Lipinski definition) is 5. The van der Waals surface area contributed by atoms with Crippen LogP contribution in [-0.2, 0) is 5.41 Å². The van der Waals surface area contributed by atoms with E-state index in [-0.39, 0.29) is 0 Å². The van der Waals surface area contributed by atoms with E-state index in [0.717, 1.165) is 22.3 Å². The Morgan fingerprint density at radius 2 is 0.948 bits per heavy atom. The van der Waals surface area contributed by atoms with Gasteiger partial charge >= 0.3 is 0 Å². The van der Waals surface area contributed by atoms with Crippen LogP contribution in [0.4, 0.5) is 0 Å². The molecule has 58 heavy (non-hydrogen) atoms. The summed E-state index contributed by atoms with van der Waals surface area (Å²) >= 11 is 1.84. The van der Waals surface area contributed by atoms with E-state index in [1.807, 2.05) is 59.9 Å². The zero-order valence-corrected chi connectivity index (χ0v) is 31.8. The molecule has 0 saturated heterocycles. The lowest BCUT2D eigenvalue weighted by atomic mass is 9.70. The van der Waals surface area contributed by atoms with E-state index in [1.165, 1.54) is 70.2 Å². The zero-order valence-electron chi connectivity index (χ0n) is 31.0. The van der Waals surface area contributed by atoms with Crippen LogP contribution in [0.2, 0.25) is 0 Å². The average molecular weight is 755 g/mol. The van der Waals surface area contributed by atoms with Gasteiger partial charge in [0.15, 0.2) is 17.5 Å². The quantitative estimate of drug-likeness (QED) is 0.179. The molecule has 0 N–H and O–H groups in total. The van der Waals surface area contributed by atoms with Gasteiger partial charge in [0.2, 0.25) is 0 Å². The fraction of sp³-hybridized carbons (Fsp3) is 0.0189. The summed E-state index contributed by atoms with van der Waals surface area (Å²) in [5.41, 5.74) is 15.3. The Morgan fingerprint density at radius 1 is 0.397 bits per heavy atom. The number of hydrogen-bond donors (Lipinski definition) is 0. The summed E-state index contributed by atoms with van der Waals surface area (Å²) in [6.45, 7) is 0. The topological polar surface area (TPSA) is 62.5 Å². The molecule has 2 aliphatic rings. The summed E-state index contributed by atoms with van der Waals surface area (Å²) in [5, 5.41) is 12.1. The largest absolute Gasteiger partial charge is 0.208 e. The second kappa shape index (κ2) is 12.5. The van der Waals surface area contributed by atoms with Crippen molar-refractivity contribution in [2.24, 2.45) is 0 Å². The normalized spacial score (nSPS) is 14.6. The van der Waals surface area contributed by atoms with E-state index in [4.69, 9.17) is 15.0 Å². The van der Waals surface area contributed by atoms with Crippen LogP contribution in [-0.4, -0.2) is 15.0 Å². The molecule has 0 bridgehead atoms. The maximum Gasteiger partial charge on any atom is 0.164 e. The van der Waals surface area contributed by atoms with Crippen LogP contribution >= 0.6 is 11.3 Å². The van der Waals surface area contributed by atoms with Crippen LogP contribution in [0.5, 0.6) is 0 Å². The van der Waals surface area contributed by atoms with Gasteiger partial charge in [0.1, 0.15) is 0 Å². The van der Waals surface area contributed by atoms with Gasteiger partial charge in [-0.1, -0.05) is 152 Å². The van der Waals surface area contributed by atoms with Gasteiger partial charge < -0.3 is 0 Å². The van der Waals surface area contributed by atoms with Gasteiger partial charge in [-0.3, -0.25) is 0 Å². The monoisotopic (exact) mass is 754 g/mol. The van der Waals surface area contributed by atoms with Crippen molar-refractivity contribution in [3.63, 3.8) is 0 Å². The average Bonchev–Trinajstić information content (AvgIpc) is 3.93. The molecule has 12 rings (SSSR count). The molecule has 2 heterocycles. The van der Waals surface area contributed by atoms with Gasteiger partial charge in [-0.15, -0.1) is 11.3 Å². The van der Waals surface area contributed by atoms with Crippen molar-refractivity contribution in [1.82, 2.24) is 15.0 Å². The minimum absolute atomic E-state index is 0.572. The zero-order chi connectivity index (χ0) is 38.4. The van der Waals surface area contributed by atoms with E-state index in [1.54, 1.807) is 0 Å². The molecule has 268 valence electrons. The third-order valence-electron chi connectivity index (χ3n) is 12.0. The first-order valence-corrected chi connectivity index (χ1v) is 20.2. The van der Waals surface area contributed by atoms with Crippen molar-refractivity contribution >= 4 is 31.5 Å². The first-order valence-electron chi connectivity index (χ1n) is 19.4. The Labute approximate surface area is 339 Å². The maximum absolute atomic E-state index is 9.56. The molecule has 1 unspecified atom stereocenters. The number of rotatable bonds is 4. The van der Waals surface area contributed by atoms with Gasteiger partial charge in [0.25, 0.3) is 0 Å². The van der Waals surface area contributed by atoms with Crippen molar-refractivity contribution in [3.05, 3.63) is 210 Å². The standard InChI is InChI=1S/C53H30N4S/c54-31-32-22-24-33(25-23-32)37-18-11-21-45-48(37)49-46(58-45)29-28-43-47(49)40-17-8-10-20-42(40)53(43)41-19-9-7-16-38(41)39-27-26-36(30-44(39)53)52-56-50(34-12-3-1-4-13-34)55-51(57-52)35-14-5-2-6-15-35/h1-30H. The van der Waals surface area contributed by atoms with Gasteiger partial charge in [0.05, 0.1) is 17.0 Å². The molecule has 0 aliphatic heterocycles. The fourth-order valence-corrected chi connectivity index (χ4v) is 10.7. The van der Waals surface area contributed by atoms with Crippen molar-refractivity contribution in [3.8, 4) is 73.6 Å².